The van der Waals surface area contributed by atoms with Crippen molar-refractivity contribution < 1.29 is 10.2 Å². The highest BCUT2D eigenvalue weighted by Crippen LogP contribution is 2.26. The minimum absolute atomic E-state index is 0.160. The number of benzene rings is 1. The number of aliphatic hydroxyl groups is 2. The monoisotopic (exact) mass is 220 g/mol. The fraction of sp³-hybridized carbons (Fsp3) is 0.429. The van der Waals surface area contributed by atoms with E-state index in [0.717, 1.165) is 6.42 Å². The topological polar surface area (TPSA) is 40.5 Å². The average Bonchev–Trinajstić information content (AvgIpc) is 2.30. The molecule has 0 amide bonds. The van der Waals surface area contributed by atoms with Gasteiger partial charge in [-0.2, -0.15) is 0 Å². The molecule has 0 atom stereocenters. The van der Waals surface area contributed by atoms with Gasteiger partial charge < -0.3 is 10.2 Å². The largest absolute Gasteiger partial charge is 0.396 e. The van der Waals surface area contributed by atoms with Gasteiger partial charge in [0, 0.05) is 13.2 Å². The molecule has 1 aromatic carbocycles. The molecule has 0 fully saturated rings. The summed E-state index contributed by atoms with van der Waals surface area (Å²) in [6.45, 7) is 4.07. The minimum Gasteiger partial charge on any atom is -0.396 e. The Morgan fingerprint density at radius 1 is 1.12 bits per heavy atom. The summed E-state index contributed by atoms with van der Waals surface area (Å²) in [5.41, 5.74) is 2.47. The molecule has 0 radical (unpaired) electrons. The SMILES string of the molecule is C=CCc1ccccc1C(CCO)CCO. The normalized spacial score (nSPS) is 10.7. The van der Waals surface area contributed by atoms with Gasteiger partial charge in [0.05, 0.1) is 0 Å². The zero-order chi connectivity index (χ0) is 11.8. The van der Waals surface area contributed by atoms with E-state index in [2.05, 4.69) is 18.7 Å². The van der Waals surface area contributed by atoms with Gasteiger partial charge in [0.15, 0.2) is 0 Å². The molecule has 1 aromatic rings. The fourth-order valence-electron chi connectivity index (χ4n) is 2.04. The van der Waals surface area contributed by atoms with E-state index in [-0.39, 0.29) is 19.1 Å². The lowest BCUT2D eigenvalue weighted by Crippen LogP contribution is -2.07. The Morgan fingerprint density at radius 2 is 1.75 bits per heavy atom. The lowest BCUT2D eigenvalue weighted by molar-refractivity contribution is 0.241. The number of rotatable bonds is 7. The molecule has 0 aliphatic carbocycles. The lowest BCUT2D eigenvalue weighted by atomic mass is 9.88. The predicted octanol–water partition coefficient (Wildman–Crippen LogP) is 2.26. The zero-order valence-corrected chi connectivity index (χ0v) is 9.60. The van der Waals surface area contributed by atoms with Crippen LogP contribution in [0.1, 0.15) is 29.9 Å². The van der Waals surface area contributed by atoms with Gasteiger partial charge in [0.2, 0.25) is 0 Å². The van der Waals surface area contributed by atoms with Crippen molar-refractivity contribution in [3.63, 3.8) is 0 Å². The molecule has 0 aliphatic rings. The van der Waals surface area contributed by atoms with Crippen LogP contribution in [-0.2, 0) is 6.42 Å². The molecule has 0 heterocycles. The number of allylic oxidation sites excluding steroid dienone is 1. The molecule has 2 nitrogen and oxygen atoms in total. The van der Waals surface area contributed by atoms with Crippen molar-refractivity contribution in [2.75, 3.05) is 13.2 Å². The molecular formula is C14H20O2. The van der Waals surface area contributed by atoms with Gasteiger partial charge in [-0.3, -0.25) is 0 Å². The molecule has 0 saturated heterocycles. The summed E-state index contributed by atoms with van der Waals surface area (Å²) in [6.07, 6.45) is 4.13. The van der Waals surface area contributed by atoms with E-state index in [4.69, 9.17) is 10.2 Å². The first-order valence-electron chi connectivity index (χ1n) is 5.74. The summed E-state index contributed by atoms with van der Waals surface area (Å²) in [5, 5.41) is 18.1. The number of hydrogen-bond acceptors (Lipinski definition) is 2. The van der Waals surface area contributed by atoms with Crippen LogP contribution in [0.15, 0.2) is 36.9 Å². The highest BCUT2D eigenvalue weighted by atomic mass is 16.3. The van der Waals surface area contributed by atoms with Gasteiger partial charge in [-0.05, 0) is 36.3 Å². The maximum Gasteiger partial charge on any atom is 0.0436 e. The van der Waals surface area contributed by atoms with Crippen molar-refractivity contribution in [2.24, 2.45) is 0 Å². The molecule has 0 unspecified atom stereocenters. The van der Waals surface area contributed by atoms with Crippen LogP contribution in [0.2, 0.25) is 0 Å². The van der Waals surface area contributed by atoms with Crippen LogP contribution in [0.5, 0.6) is 0 Å². The Balaban J connectivity index is 2.92. The van der Waals surface area contributed by atoms with Crippen molar-refractivity contribution in [1.82, 2.24) is 0 Å². The maximum atomic E-state index is 9.04. The van der Waals surface area contributed by atoms with Gasteiger partial charge in [-0.15, -0.1) is 6.58 Å². The van der Waals surface area contributed by atoms with E-state index < -0.39 is 0 Å². The summed E-state index contributed by atoms with van der Waals surface area (Å²) in [4.78, 5) is 0. The first-order valence-corrected chi connectivity index (χ1v) is 5.74. The highest BCUT2D eigenvalue weighted by Gasteiger charge is 2.13. The standard InChI is InChI=1S/C14H20O2/c1-2-5-12-6-3-4-7-14(12)13(8-10-15)9-11-16/h2-4,6-7,13,15-16H,1,5,8-11H2. The second-order valence-electron chi connectivity index (χ2n) is 3.91. The number of hydrogen-bond donors (Lipinski definition) is 2. The molecule has 2 N–H and O–H groups in total. The van der Waals surface area contributed by atoms with Crippen LogP contribution in [0.3, 0.4) is 0 Å². The molecule has 1 rings (SSSR count). The van der Waals surface area contributed by atoms with Gasteiger partial charge in [-0.1, -0.05) is 30.3 Å². The van der Waals surface area contributed by atoms with Crippen LogP contribution in [-0.4, -0.2) is 23.4 Å². The third-order valence-electron chi connectivity index (χ3n) is 2.81. The van der Waals surface area contributed by atoms with E-state index in [1.54, 1.807) is 0 Å². The molecule has 0 aromatic heterocycles. The second-order valence-corrected chi connectivity index (χ2v) is 3.91. The molecular weight excluding hydrogens is 200 g/mol. The molecule has 0 spiro atoms. The van der Waals surface area contributed by atoms with Crippen LogP contribution < -0.4 is 0 Å². The highest BCUT2D eigenvalue weighted by molar-refractivity contribution is 5.31. The molecule has 0 bridgehead atoms. The number of aliphatic hydroxyl groups excluding tert-OH is 2. The third kappa shape index (κ3) is 3.47. The fourth-order valence-corrected chi connectivity index (χ4v) is 2.04. The van der Waals surface area contributed by atoms with Gasteiger partial charge in [-0.25, -0.2) is 0 Å². The van der Waals surface area contributed by atoms with Crippen molar-refractivity contribution in [1.29, 1.82) is 0 Å². The first kappa shape index (κ1) is 12.9. The van der Waals surface area contributed by atoms with Gasteiger partial charge >= 0.3 is 0 Å². The van der Waals surface area contributed by atoms with Crippen LogP contribution in [0.25, 0.3) is 0 Å². The van der Waals surface area contributed by atoms with E-state index in [9.17, 15) is 0 Å². The first-order chi connectivity index (χ1) is 7.83. The average molecular weight is 220 g/mol. The van der Waals surface area contributed by atoms with Gasteiger partial charge in [0.1, 0.15) is 0 Å². The Labute approximate surface area is 97.2 Å². The summed E-state index contributed by atoms with van der Waals surface area (Å²) in [5.74, 6) is 0.242. The second kappa shape index (κ2) is 7.20. The molecule has 88 valence electrons. The predicted molar refractivity (Wildman–Crippen MR) is 66.5 cm³/mol. The van der Waals surface area contributed by atoms with E-state index >= 15 is 0 Å². The minimum atomic E-state index is 0.160. The van der Waals surface area contributed by atoms with Crippen molar-refractivity contribution in [2.45, 2.75) is 25.2 Å². The molecule has 16 heavy (non-hydrogen) atoms. The Hall–Kier alpha value is -1.12. The smallest absolute Gasteiger partial charge is 0.0436 e. The van der Waals surface area contributed by atoms with Crippen molar-refractivity contribution in [3.8, 4) is 0 Å². The Bertz CT molecular complexity index is 314. The quantitative estimate of drug-likeness (QED) is 0.692. The molecule has 0 aliphatic heterocycles. The van der Waals surface area contributed by atoms with E-state index in [1.807, 2.05) is 18.2 Å². The van der Waals surface area contributed by atoms with Crippen LogP contribution in [0.4, 0.5) is 0 Å². The van der Waals surface area contributed by atoms with E-state index in [0.29, 0.717) is 12.8 Å². The van der Waals surface area contributed by atoms with Crippen LogP contribution in [0, 0.1) is 0 Å². The Kier molecular flexibility index (Phi) is 5.83. The van der Waals surface area contributed by atoms with Crippen molar-refractivity contribution in [3.05, 3.63) is 48.0 Å². The summed E-state index contributed by atoms with van der Waals surface area (Å²) >= 11 is 0. The lowest BCUT2D eigenvalue weighted by Gasteiger charge is -2.18. The van der Waals surface area contributed by atoms with Crippen LogP contribution >= 0.6 is 0 Å². The van der Waals surface area contributed by atoms with E-state index in [1.165, 1.54) is 11.1 Å². The van der Waals surface area contributed by atoms with Crippen molar-refractivity contribution >= 4 is 0 Å². The zero-order valence-electron chi connectivity index (χ0n) is 9.60. The summed E-state index contributed by atoms with van der Waals surface area (Å²) in [7, 11) is 0. The maximum absolute atomic E-state index is 9.04. The Morgan fingerprint density at radius 3 is 2.31 bits per heavy atom. The molecule has 0 saturated carbocycles. The van der Waals surface area contributed by atoms with Gasteiger partial charge in [0.25, 0.3) is 0 Å². The summed E-state index contributed by atoms with van der Waals surface area (Å²) < 4.78 is 0. The molecule has 2 heteroatoms. The third-order valence-corrected chi connectivity index (χ3v) is 2.81. The summed E-state index contributed by atoms with van der Waals surface area (Å²) in [6, 6.07) is 8.18.